The van der Waals surface area contributed by atoms with Crippen molar-refractivity contribution in [2.75, 3.05) is 10.6 Å². The molecule has 0 saturated carbocycles. The monoisotopic (exact) mass is 363 g/mol. The third-order valence-electron chi connectivity index (χ3n) is 3.46. The minimum atomic E-state index is -0.226. The number of carbonyl (C=O) groups is 2. The normalized spacial score (nSPS) is 10.7. The van der Waals surface area contributed by atoms with Crippen LogP contribution in [0.25, 0.3) is 17.3 Å². The van der Waals surface area contributed by atoms with Crippen LogP contribution in [0.3, 0.4) is 0 Å². The summed E-state index contributed by atoms with van der Waals surface area (Å²) in [6, 6.07) is 17.0. The smallest absolute Gasteiger partial charge is 0.250 e. The van der Waals surface area contributed by atoms with E-state index in [0.29, 0.717) is 5.13 Å². The summed E-state index contributed by atoms with van der Waals surface area (Å²) in [5.41, 5.74) is 3.38. The van der Waals surface area contributed by atoms with E-state index in [0.717, 1.165) is 22.5 Å². The first-order chi connectivity index (χ1) is 12.6. The standard InChI is InChI=1S/C20H17N3O2S/c1-14(24)21-17-10-8-16(9-11-17)18-13-26-20(22-18)23-19(25)12-7-15-5-3-2-4-6-15/h2-13H,1H3,(H,21,24)(H,22,23,25). The number of anilines is 2. The number of amides is 2. The maximum atomic E-state index is 12.0. The highest BCUT2D eigenvalue weighted by atomic mass is 32.1. The second-order valence-corrected chi connectivity index (χ2v) is 6.39. The fourth-order valence-corrected chi connectivity index (χ4v) is 3.00. The predicted octanol–water partition coefficient (Wildman–Crippen LogP) is 4.42. The van der Waals surface area contributed by atoms with Gasteiger partial charge in [-0.1, -0.05) is 42.5 Å². The minimum absolute atomic E-state index is 0.111. The summed E-state index contributed by atoms with van der Waals surface area (Å²) >= 11 is 1.36. The number of thiazole rings is 1. The minimum Gasteiger partial charge on any atom is -0.326 e. The Morgan fingerprint density at radius 2 is 1.73 bits per heavy atom. The van der Waals surface area contributed by atoms with E-state index in [-0.39, 0.29) is 11.8 Å². The van der Waals surface area contributed by atoms with Crippen LogP contribution >= 0.6 is 11.3 Å². The van der Waals surface area contributed by atoms with Crippen molar-refractivity contribution >= 4 is 40.0 Å². The summed E-state index contributed by atoms with van der Waals surface area (Å²) in [5.74, 6) is -0.337. The van der Waals surface area contributed by atoms with Gasteiger partial charge in [0.1, 0.15) is 0 Å². The number of hydrogen-bond donors (Lipinski definition) is 2. The molecule has 0 saturated heterocycles. The molecule has 0 aliphatic heterocycles. The first-order valence-corrected chi connectivity index (χ1v) is 8.86. The van der Waals surface area contributed by atoms with Crippen molar-refractivity contribution in [1.29, 1.82) is 0 Å². The molecule has 130 valence electrons. The highest BCUT2D eigenvalue weighted by Crippen LogP contribution is 2.26. The van der Waals surface area contributed by atoms with Crippen LogP contribution in [-0.2, 0) is 9.59 Å². The predicted molar refractivity (Wildman–Crippen MR) is 106 cm³/mol. The molecule has 1 aromatic heterocycles. The summed E-state index contributed by atoms with van der Waals surface area (Å²) in [6.45, 7) is 1.47. The number of rotatable bonds is 5. The van der Waals surface area contributed by atoms with Crippen molar-refractivity contribution in [3.63, 3.8) is 0 Å². The maximum Gasteiger partial charge on any atom is 0.250 e. The van der Waals surface area contributed by atoms with E-state index in [1.54, 1.807) is 6.08 Å². The van der Waals surface area contributed by atoms with Crippen LogP contribution in [-0.4, -0.2) is 16.8 Å². The first kappa shape index (κ1) is 17.6. The summed E-state index contributed by atoms with van der Waals surface area (Å²) in [4.78, 5) is 27.5. The lowest BCUT2D eigenvalue weighted by molar-refractivity contribution is -0.114. The van der Waals surface area contributed by atoms with Crippen molar-refractivity contribution in [1.82, 2.24) is 4.98 Å². The molecular formula is C20H17N3O2S. The quantitative estimate of drug-likeness (QED) is 0.659. The Morgan fingerprint density at radius 3 is 2.42 bits per heavy atom. The molecule has 0 fully saturated rings. The number of aromatic nitrogens is 1. The van der Waals surface area contributed by atoms with Gasteiger partial charge in [0, 0.05) is 29.6 Å². The molecule has 1 heterocycles. The van der Waals surface area contributed by atoms with Crippen molar-refractivity contribution in [3.05, 3.63) is 71.6 Å². The Balaban J connectivity index is 1.63. The second-order valence-electron chi connectivity index (χ2n) is 5.53. The van der Waals surface area contributed by atoms with Gasteiger partial charge in [0.15, 0.2) is 5.13 Å². The summed E-state index contributed by atoms with van der Waals surface area (Å²) in [6.07, 6.45) is 3.24. The Labute approximate surface area is 155 Å². The van der Waals surface area contributed by atoms with Crippen LogP contribution in [0.4, 0.5) is 10.8 Å². The van der Waals surface area contributed by atoms with Gasteiger partial charge >= 0.3 is 0 Å². The number of hydrogen-bond acceptors (Lipinski definition) is 4. The van der Waals surface area contributed by atoms with Crippen LogP contribution in [0.1, 0.15) is 12.5 Å². The molecule has 0 unspecified atom stereocenters. The molecule has 5 nitrogen and oxygen atoms in total. The van der Waals surface area contributed by atoms with E-state index in [9.17, 15) is 9.59 Å². The lowest BCUT2D eigenvalue weighted by Crippen LogP contribution is -2.07. The molecule has 3 aromatic rings. The second kappa shape index (κ2) is 8.22. The van der Waals surface area contributed by atoms with E-state index in [1.165, 1.54) is 24.3 Å². The van der Waals surface area contributed by atoms with Crippen molar-refractivity contribution < 1.29 is 9.59 Å². The number of benzene rings is 2. The van der Waals surface area contributed by atoms with Crippen molar-refractivity contribution in [2.45, 2.75) is 6.92 Å². The van der Waals surface area contributed by atoms with E-state index in [1.807, 2.05) is 60.0 Å². The molecule has 0 radical (unpaired) electrons. The summed E-state index contributed by atoms with van der Waals surface area (Å²) in [5, 5.41) is 7.90. The Morgan fingerprint density at radius 1 is 1.00 bits per heavy atom. The zero-order chi connectivity index (χ0) is 18.4. The average molecular weight is 363 g/mol. The number of nitrogens with zero attached hydrogens (tertiary/aromatic N) is 1. The zero-order valence-electron chi connectivity index (χ0n) is 14.1. The highest BCUT2D eigenvalue weighted by molar-refractivity contribution is 7.14. The van der Waals surface area contributed by atoms with E-state index >= 15 is 0 Å². The Hall–Kier alpha value is -3.25. The molecule has 6 heteroatoms. The number of nitrogens with one attached hydrogen (secondary N) is 2. The molecule has 0 bridgehead atoms. The van der Waals surface area contributed by atoms with Gasteiger partial charge in [0.2, 0.25) is 11.8 Å². The van der Waals surface area contributed by atoms with Gasteiger partial charge in [-0.25, -0.2) is 4.98 Å². The SMILES string of the molecule is CC(=O)Nc1ccc(-c2csc(NC(=O)C=Cc3ccccc3)n2)cc1. The van der Waals surface area contributed by atoms with Gasteiger partial charge in [0.25, 0.3) is 0 Å². The van der Waals surface area contributed by atoms with E-state index < -0.39 is 0 Å². The third-order valence-corrected chi connectivity index (χ3v) is 4.22. The van der Waals surface area contributed by atoms with Crippen LogP contribution in [0, 0.1) is 0 Å². The topological polar surface area (TPSA) is 71.1 Å². The average Bonchev–Trinajstić information content (AvgIpc) is 3.09. The molecular weight excluding hydrogens is 346 g/mol. The van der Waals surface area contributed by atoms with Crippen LogP contribution in [0.2, 0.25) is 0 Å². The lowest BCUT2D eigenvalue weighted by atomic mass is 10.1. The zero-order valence-corrected chi connectivity index (χ0v) is 14.9. The molecule has 2 N–H and O–H groups in total. The summed E-state index contributed by atoms with van der Waals surface area (Å²) < 4.78 is 0. The fourth-order valence-electron chi connectivity index (χ4n) is 2.27. The molecule has 2 amide bonds. The fraction of sp³-hybridized carbons (Fsp3) is 0.0500. The van der Waals surface area contributed by atoms with Gasteiger partial charge in [-0.3, -0.25) is 14.9 Å². The van der Waals surface area contributed by atoms with Crippen LogP contribution in [0.15, 0.2) is 66.1 Å². The summed E-state index contributed by atoms with van der Waals surface area (Å²) in [7, 11) is 0. The first-order valence-electron chi connectivity index (χ1n) is 7.98. The largest absolute Gasteiger partial charge is 0.326 e. The van der Waals surface area contributed by atoms with Gasteiger partial charge in [-0.2, -0.15) is 0 Å². The van der Waals surface area contributed by atoms with Gasteiger partial charge in [0.05, 0.1) is 5.69 Å². The van der Waals surface area contributed by atoms with Crippen LogP contribution < -0.4 is 10.6 Å². The van der Waals surface area contributed by atoms with Gasteiger partial charge in [-0.15, -0.1) is 11.3 Å². The highest BCUT2D eigenvalue weighted by Gasteiger charge is 2.07. The van der Waals surface area contributed by atoms with Crippen molar-refractivity contribution in [2.24, 2.45) is 0 Å². The molecule has 0 spiro atoms. The molecule has 0 aliphatic carbocycles. The Kier molecular flexibility index (Phi) is 5.56. The van der Waals surface area contributed by atoms with E-state index in [4.69, 9.17) is 0 Å². The molecule has 0 aliphatic rings. The van der Waals surface area contributed by atoms with Gasteiger partial charge in [-0.05, 0) is 23.8 Å². The molecule has 0 atom stereocenters. The van der Waals surface area contributed by atoms with Crippen LogP contribution in [0.5, 0.6) is 0 Å². The van der Waals surface area contributed by atoms with Crippen molar-refractivity contribution in [3.8, 4) is 11.3 Å². The van der Waals surface area contributed by atoms with Gasteiger partial charge < -0.3 is 5.32 Å². The third kappa shape index (κ3) is 4.87. The Bertz CT molecular complexity index is 931. The van der Waals surface area contributed by atoms with E-state index in [2.05, 4.69) is 15.6 Å². The maximum absolute atomic E-state index is 12.0. The molecule has 2 aromatic carbocycles. The molecule has 3 rings (SSSR count). The number of carbonyl (C=O) groups excluding carboxylic acids is 2. The lowest BCUT2D eigenvalue weighted by Gasteiger charge is -2.02. The molecule has 26 heavy (non-hydrogen) atoms.